The van der Waals surface area contributed by atoms with Crippen molar-refractivity contribution in [2.24, 2.45) is 5.41 Å². The van der Waals surface area contributed by atoms with Gasteiger partial charge in [0, 0.05) is 11.1 Å². The van der Waals surface area contributed by atoms with Crippen LogP contribution in [0.4, 0.5) is 0 Å². The van der Waals surface area contributed by atoms with E-state index in [1.54, 1.807) is 6.92 Å². The van der Waals surface area contributed by atoms with Gasteiger partial charge < -0.3 is 14.2 Å². The predicted molar refractivity (Wildman–Crippen MR) is 98.8 cm³/mol. The van der Waals surface area contributed by atoms with E-state index in [9.17, 15) is 22.8 Å². The van der Waals surface area contributed by atoms with Crippen LogP contribution in [0.2, 0.25) is 0 Å². The van der Waals surface area contributed by atoms with Gasteiger partial charge in [-0.2, -0.15) is 8.42 Å². The maximum atomic E-state index is 12.4. The van der Waals surface area contributed by atoms with Crippen molar-refractivity contribution in [1.29, 1.82) is 0 Å². The molecule has 27 heavy (non-hydrogen) atoms. The first-order chi connectivity index (χ1) is 11.8. The van der Waals surface area contributed by atoms with Crippen LogP contribution < -0.4 is 0 Å². The summed E-state index contributed by atoms with van der Waals surface area (Å²) in [6, 6.07) is 0. The molecule has 0 aromatic heterocycles. The van der Waals surface area contributed by atoms with Crippen LogP contribution in [0.15, 0.2) is 24.3 Å². The Morgan fingerprint density at radius 2 is 1.37 bits per heavy atom. The van der Waals surface area contributed by atoms with Crippen LogP contribution in [0.3, 0.4) is 0 Å². The molecule has 0 fully saturated rings. The first-order valence-electron chi connectivity index (χ1n) is 7.62. The fraction of sp³-hybridized carbons (Fsp3) is 0.562. The van der Waals surface area contributed by atoms with Crippen molar-refractivity contribution in [3.8, 4) is 0 Å². The van der Waals surface area contributed by atoms with E-state index < -0.39 is 59.0 Å². The molecular formula is C16H25KO9S. The molecule has 1 N–H and O–H groups in total. The summed E-state index contributed by atoms with van der Waals surface area (Å²) >= 11 is 0. The molecule has 0 amide bonds. The zero-order valence-electron chi connectivity index (χ0n) is 15.1. The Balaban J connectivity index is 0. The Labute approximate surface area is 201 Å². The molecule has 0 atom stereocenters. The molecule has 0 saturated heterocycles. The van der Waals surface area contributed by atoms with Crippen molar-refractivity contribution in [2.75, 3.05) is 25.6 Å². The van der Waals surface area contributed by atoms with Gasteiger partial charge in [-0.1, -0.05) is 20.1 Å². The van der Waals surface area contributed by atoms with Gasteiger partial charge in [0.2, 0.25) is 0 Å². The summed E-state index contributed by atoms with van der Waals surface area (Å²) in [5.41, 5.74) is -1.34. The summed E-state index contributed by atoms with van der Waals surface area (Å²) in [4.78, 5) is 35.6. The van der Waals surface area contributed by atoms with Gasteiger partial charge in [0.1, 0.15) is 31.0 Å². The van der Waals surface area contributed by atoms with Crippen molar-refractivity contribution in [3.05, 3.63) is 24.3 Å². The van der Waals surface area contributed by atoms with E-state index in [0.717, 1.165) is 0 Å². The van der Waals surface area contributed by atoms with Gasteiger partial charge in [-0.3, -0.25) is 9.35 Å². The molecule has 0 heterocycles. The van der Waals surface area contributed by atoms with Crippen molar-refractivity contribution in [1.82, 2.24) is 0 Å². The van der Waals surface area contributed by atoms with Crippen LogP contribution in [0, 0.1) is 5.41 Å². The summed E-state index contributed by atoms with van der Waals surface area (Å²) < 4.78 is 45.0. The molecule has 0 aromatic rings. The van der Waals surface area contributed by atoms with Crippen LogP contribution in [-0.2, 0) is 38.7 Å². The molecule has 0 saturated carbocycles. The number of ether oxygens (including phenoxy) is 3. The van der Waals surface area contributed by atoms with E-state index in [-0.39, 0.29) is 69.0 Å². The van der Waals surface area contributed by atoms with Crippen LogP contribution >= 0.6 is 0 Å². The second kappa shape index (κ2) is 12.8. The summed E-state index contributed by atoms with van der Waals surface area (Å²) in [5.74, 6) is -3.23. The molecule has 0 aliphatic rings. The van der Waals surface area contributed by atoms with Gasteiger partial charge in [-0.05, 0) is 20.3 Å². The average Bonchev–Trinajstić information content (AvgIpc) is 2.53. The zero-order chi connectivity index (χ0) is 20.5. The van der Waals surface area contributed by atoms with E-state index in [2.05, 4.69) is 13.2 Å². The first-order valence-corrected chi connectivity index (χ1v) is 9.23. The quantitative estimate of drug-likeness (QED) is 0.162. The van der Waals surface area contributed by atoms with E-state index in [0.29, 0.717) is 0 Å². The van der Waals surface area contributed by atoms with Gasteiger partial charge in [0.15, 0.2) is 0 Å². The van der Waals surface area contributed by atoms with Gasteiger partial charge in [-0.25, -0.2) is 9.59 Å². The van der Waals surface area contributed by atoms with Crippen LogP contribution in [0.1, 0.15) is 27.2 Å². The van der Waals surface area contributed by atoms with E-state index in [1.165, 1.54) is 13.8 Å². The minimum absolute atomic E-state index is 0. The topological polar surface area (TPSA) is 133 Å². The Kier molecular flexibility index (Phi) is 13.6. The fourth-order valence-electron chi connectivity index (χ4n) is 1.55. The van der Waals surface area contributed by atoms with Crippen molar-refractivity contribution >= 4 is 79.4 Å². The average molecular weight is 433 g/mol. The third kappa shape index (κ3) is 11.1. The molecule has 0 radical (unpaired) electrons. The molecule has 9 nitrogen and oxygen atoms in total. The van der Waals surface area contributed by atoms with Gasteiger partial charge in [0.25, 0.3) is 10.1 Å². The second-order valence-corrected chi connectivity index (χ2v) is 7.34. The number of esters is 3. The molecule has 0 rings (SSSR count). The first kappa shape index (κ1) is 28.6. The molecule has 0 unspecified atom stereocenters. The van der Waals surface area contributed by atoms with Crippen molar-refractivity contribution in [3.63, 3.8) is 0 Å². The molecule has 0 aliphatic carbocycles. The van der Waals surface area contributed by atoms with Crippen LogP contribution in [0.5, 0.6) is 0 Å². The molecule has 11 heteroatoms. The second-order valence-electron chi connectivity index (χ2n) is 5.77. The molecule has 0 aliphatic heterocycles. The minimum atomic E-state index is -4.32. The van der Waals surface area contributed by atoms with Gasteiger partial charge >= 0.3 is 69.3 Å². The molecule has 0 spiro atoms. The molecule has 0 bridgehead atoms. The molecular weight excluding hydrogens is 407 g/mol. The van der Waals surface area contributed by atoms with Crippen molar-refractivity contribution in [2.45, 2.75) is 27.2 Å². The Morgan fingerprint density at radius 3 is 1.67 bits per heavy atom. The molecule has 0 aromatic carbocycles. The number of hydrogen-bond acceptors (Lipinski definition) is 8. The van der Waals surface area contributed by atoms with Gasteiger partial charge in [0.05, 0.1) is 0 Å². The predicted octanol–water partition coefficient (Wildman–Crippen LogP) is 0.404. The number of carbonyl (C=O) groups excluding carboxylic acids is 3. The summed E-state index contributed by atoms with van der Waals surface area (Å²) in [6.45, 7) is 9.70. The summed E-state index contributed by atoms with van der Waals surface area (Å²) in [7, 11) is -4.32. The summed E-state index contributed by atoms with van der Waals surface area (Å²) in [6.07, 6.45) is 0.0602. The van der Waals surface area contributed by atoms with Crippen molar-refractivity contribution < 1.29 is 41.6 Å². The van der Waals surface area contributed by atoms with E-state index in [1.807, 2.05) is 0 Å². The standard InChI is InChI=1S/C16H24O9S.K.H/c1-6-16(9-24-13(17)11(2)3,10-25-14(18)12(4)5)15(19)23-7-8-26(20,21)22;;/h2,4,6-10H2,1,3,5H3,(H,20,21,22);;. The monoisotopic (exact) mass is 432 g/mol. The van der Waals surface area contributed by atoms with E-state index >= 15 is 0 Å². The Hall–Kier alpha value is -0.564. The van der Waals surface area contributed by atoms with Gasteiger partial charge in [-0.15, -0.1) is 0 Å². The SMILES string of the molecule is C=C(C)C(=O)OCC(CC)(COC(=O)C(=C)C)C(=O)OCCS(=O)(=O)O.[KH]. The number of rotatable bonds is 11. The van der Waals surface area contributed by atoms with Crippen LogP contribution in [0.25, 0.3) is 0 Å². The third-order valence-corrected chi connectivity index (χ3v) is 4.02. The zero-order valence-corrected chi connectivity index (χ0v) is 15.9. The Bertz CT molecular complexity index is 652. The third-order valence-electron chi connectivity index (χ3n) is 3.34. The van der Waals surface area contributed by atoms with E-state index in [4.69, 9.17) is 18.8 Å². The fourth-order valence-corrected chi connectivity index (χ4v) is 1.85. The maximum absolute atomic E-state index is 12.4. The number of hydrogen-bond donors (Lipinski definition) is 1. The summed E-state index contributed by atoms with van der Waals surface area (Å²) in [5, 5.41) is 0. The number of carbonyl (C=O) groups is 3. The Morgan fingerprint density at radius 1 is 0.963 bits per heavy atom. The molecule has 150 valence electrons. The normalized spacial score (nSPS) is 11.0. The van der Waals surface area contributed by atoms with Crippen LogP contribution in [-0.4, -0.2) is 108 Å².